The van der Waals surface area contributed by atoms with Gasteiger partial charge in [0.1, 0.15) is 5.82 Å². The van der Waals surface area contributed by atoms with Crippen molar-refractivity contribution < 1.29 is 27.3 Å². The minimum absolute atomic E-state index is 0.0102. The number of amides is 1. The predicted molar refractivity (Wildman–Crippen MR) is 126 cm³/mol. The van der Waals surface area contributed by atoms with Crippen molar-refractivity contribution in [2.24, 2.45) is 5.10 Å². The van der Waals surface area contributed by atoms with Gasteiger partial charge >= 0.3 is 5.69 Å². The van der Waals surface area contributed by atoms with Crippen molar-refractivity contribution in [2.75, 3.05) is 13.7 Å². The first-order chi connectivity index (χ1) is 16.7. The number of halogens is 1. The molecule has 0 heterocycles. The lowest BCUT2D eigenvalue weighted by atomic mass is 10.2. The second-order valence-electron chi connectivity index (χ2n) is 7.19. The van der Waals surface area contributed by atoms with Gasteiger partial charge in [-0.3, -0.25) is 14.9 Å². The smallest absolute Gasteiger partial charge is 0.311 e. The van der Waals surface area contributed by atoms with Crippen LogP contribution in [0.5, 0.6) is 5.75 Å². The van der Waals surface area contributed by atoms with Gasteiger partial charge in [-0.2, -0.15) is 9.41 Å². The summed E-state index contributed by atoms with van der Waals surface area (Å²) in [6, 6.07) is 16.9. The number of carbonyl (C=O) groups is 1. The van der Waals surface area contributed by atoms with Crippen LogP contribution in [0.1, 0.15) is 11.1 Å². The minimum Gasteiger partial charge on any atom is -0.490 e. The fourth-order valence-electron chi connectivity index (χ4n) is 3.07. The van der Waals surface area contributed by atoms with Crippen molar-refractivity contribution in [3.05, 3.63) is 99.9 Å². The summed E-state index contributed by atoms with van der Waals surface area (Å²) in [6.45, 7) is -0.756. The van der Waals surface area contributed by atoms with Gasteiger partial charge in [0.25, 0.3) is 5.91 Å². The maximum absolute atomic E-state index is 13.3. The zero-order valence-corrected chi connectivity index (χ0v) is 19.3. The number of rotatable bonds is 10. The average Bonchev–Trinajstić information content (AvgIpc) is 2.85. The highest BCUT2D eigenvalue weighted by atomic mass is 32.2. The Labute approximate surface area is 200 Å². The van der Waals surface area contributed by atoms with E-state index >= 15 is 0 Å². The van der Waals surface area contributed by atoms with Crippen molar-refractivity contribution in [1.82, 2.24) is 9.73 Å². The minimum atomic E-state index is -4.07. The Hall–Kier alpha value is -4.16. The second-order valence-corrected chi connectivity index (χ2v) is 9.13. The summed E-state index contributed by atoms with van der Waals surface area (Å²) in [7, 11) is -2.76. The zero-order valence-electron chi connectivity index (χ0n) is 18.5. The third-order valence-electron chi connectivity index (χ3n) is 4.78. The van der Waals surface area contributed by atoms with E-state index in [-0.39, 0.29) is 22.9 Å². The summed E-state index contributed by atoms with van der Waals surface area (Å²) in [6.07, 6.45) is 1.18. The molecule has 3 rings (SSSR count). The van der Waals surface area contributed by atoms with E-state index in [0.717, 1.165) is 4.31 Å². The highest BCUT2D eigenvalue weighted by Crippen LogP contribution is 2.26. The Morgan fingerprint density at radius 2 is 1.83 bits per heavy atom. The van der Waals surface area contributed by atoms with Crippen LogP contribution in [0.15, 0.2) is 82.8 Å². The number of hydrazone groups is 1. The first kappa shape index (κ1) is 25.5. The first-order valence-corrected chi connectivity index (χ1v) is 11.6. The van der Waals surface area contributed by atoms with E-state index in [4.69, 9.17) is 4.74 Å². The predicted octanol–water partition coefficient (Wildman–Crippen LogP) is 3.08. The molecule has 0 aliphatic rings. The van der Waals surface area contributed by atoms with Crippen LogP contribution in [0, 0.1) is 15.9 Å². The molecule has 0 fully saturated rings. The molecule has 0 aliphatic carbocycles. The van der Waals surface area contributed by atoms with E-state index in [0.29, 0.717) is 11.1 Å². The monoisotopic (exact) mass is 500 g/mol. The number of hydrogen-bond donors (Lipinski definition) is 1. The summed E-state index contributed by atoms with van der Waals surface area (Å²) in [5.74, 6) is -1.15. The van der Waals surface area contributed by atoms with Gasteiger partial charge in [0, 0.05) is 18.2 Å². The highest BCUT2D eigenvalue weighted by Gasteiger charge is 2.26. The average molecular weight is 501 g/mol. The van der Waals surface area contributed by atoms with E-state index in [1.54, 1.807) is 18.2 Å². The Morgan fingerprint density at radius 3 is 2.46 bits per heavy atom. The zero-order chi connectivity index (χ0) is 25.4. The lowest BCUT2D eigenvalue weighted by Gasteiger charge is -2.21. The number of nitrogens with one attached hydrogen (secondary N) is 1. The molecule has 0 spiro atoms. The van der Waals surface area contributed by atoms with Crippen LogP contribution in [-0.4, -0.2) is 43.4 Å². The molecule has 0 bridgehead atoms. The van der Waals surface area contributed by atoms with Crippen LogP contribution in [0.25, 0.3) is 0 Å². The molecular formula is C23H21FN4O6S. The van der Waals surface area contributed by atoms with Crippen LogP contribution in [0.3, 0.4) is 0 Å². The van der Waals surface area contributed by atoms with Crippen LogP contribution < -0.4 is 10.2 Å². The van der Waals surface area contributed by atoms with Gasteiger partial charge in [0.15, 0.2) is 5.75 Å². The van der Waals surface area contributed by atoms with Gasteiger partial charge in [0.2, 0.25) is 10.0 Å². The molecular weight excluding hydrogens is 479 g/mol. The fraction of sp³-hybridized carbons (Fsp3) is 0.130. The van der Waals surface area contributed by atoms with Gasteiger partial charge in [-0.15, -0.1) is 0 Å². The summed E-state index contributed by atoms with van der Waals surface area (Å²) < 4.78 is 45.5. The largest absolute Gasteiger partial charge is 0.490 e. The molecule has 0 saturated carbocycles. The lowest BCUT2D eigenvalue weighted by Crippen LogP contribution is -2.39. The Morgan fingerprint density at radius 1 is 1.14 bits per heavy atom. The number of nitro benzene ring substituents is 1. The van der Waals surface area contributed by atoms with Crippen LogP contribution >= 0.6 is 0 Å². The standard InChI is InChI=1S/C23H21FN4O6S/c1-34-22-12-9-18(13-21(22)28(30)31)14-25-26-23(29)16-27(15-17-7-10-19(24)11-8-17)35(32,33)20-5-3-2-4-6-20/h2-14H,15-16H2,1H3,(H,26,29)/b25-14-. The van der Waals surface area contributed by atoms with Gasteiger partial charge < -0.3 is 4.74 Å². The number of nitrogens with zero attached hydrogens (tertiary/aromatic N) is 3. The topological polar surface area (TPSA) is 131 Å². The van der Waals surface area contributed by atoms with Crippen molar-refractivity contribution in [2.45, 2.75) is 11.4 Å². The summed E-state index contributed by atoms with van der Waals surface area (Å²) in [5, 5.41) is 14.9. The van der Waals surface area contributed by atoms with E-state index in [9.17, 15) is 27.7 Å². The number of hydrogen-bond acceptors (Lipinski definition) is 7. The number of ether oxygens (including phenoxy) is 1. The normalized spacial score (nSPS) is 11.5. The third kappa shape index (κ3) is 6.68. The molecule has 0 atom stereocenters. The molecule has 182 valence electrons. The lowest BCUT2D eigenvalue weighted by molar-refractivity contribution is -0.385. The first-order valence-electron chi connectivity index (χ1n) is 10.1. The van der Waals surface area contributed by atoms with E-state index < -0.39 is 33.2 Å². The third-order valence-corrected chi connectivity index (χ3v) is 6.58. The highest BCUT2D eigenvalue weighted by molar-refractivity contribution is 7.89. The quantitative estimate of drug-likeness (QED) is 0.259. The van der Waals surface area contributed by atoms with Crippen molar-refractivity contribution in [3.8, 4) is 5.75 Å². The maximum atomic E-state index is 13.3. The summed E-state index contributed by atoms with van der Waals surface area (Å²) in [5.41, 5.74) is 2.74. The van der Waals surface area contributed by atoms with Gasteiger partial charge in [0.05, 0.1) is 29.7 Å². The summed E-state index contributed by atoms with van der Waals surface area (Å²) in [4.78, 5) is 23.0. The van der Waals surface area contributed by atoms with E-state index in [2.05, 4.69) is 10.5 Å². The number of carbonyl (C=O) groups excluding carboxylic acids is 1. The van der Waals surface area contributed by atoms with E-state index in [1.807, 2.05) is 0 Å². The fourth-order valence-corrected chi connectivity index (χ4v) is 4.47. The summed E-state index contributed by atoms with van der Waals surface area (Å²) >= 11 is 0. The molecule has 1 N–H and O–H groups in total. The molecule has 0 radical (unpaired) electrons. The maximum Gasteiger partial charge on any atom is 0.311 e. The number of nitro groups is 1. The van der Waals surface area contributed by atoms with E-state index in [1.165, 1.54) is 67.9 Å². The molecule has 0 aliphatic heterocycles. The van der Waals surface area contributed by atoms with Crippen molar-refractivity contribution >= 4 is 27.8 Å². The molecule has 0 saturated heterocycles. The molecule has 3 aromatic carbocycles. The SMILES string of the molecule is COc1ccc(/C=N\NC(=O)CN(Cc2ccc(F)cc2)S(=O)(=O)c2ccccc2)cc1[N+](=O)[O-]. The Bertz CT molecular complexity index is 1330. The molecule has 0 aromatic heterocycles. The van der Waals surface area contributed by atoms with Crippen molar-refractivity contribution in [1.29, 1.82) is 0 Å². The van der Waals surface area contributed by atoms with Gasteiger partial charge in [-0.05, 0) is 42.0 Å². The van der Waals surface area contributed by atoms with Crippen molar-refractivity contribution in [3.63, 3.8) is 0 Å². The number of benzene rings is 3. The number of sulfonamides is 1. The van der Waals surface area contributed by atoms with Crippen LogP contribution in [0.4, 0.5) is 10.1 Å². The van der Waals surface area contributed by atoms with Crippen LogP contribution in [-0.2, 0) is 21.4 Å². The molecule has 3 aromatic rings. The molecule has 12 heteroatoms. The Kier molecular flexibility index (Phi) is 8.23. The van der Waals surface area contributed by atoms with Gasteiger partial charge in [-0.25, -0.2) is 18.2 Å². The Balaban J connectivity index is 1.77. The molecule has 0 unspecified atom stereocenters. The molecule has 35 heavy (non-hydrogen) atoms. The molecule has 1 amide bonds. The number of methoxy groups -OCH3 is 1. The molecule has 10 nitrogen and oxygen atoms in total. The van der Waals surface area contributed by atoms with Gasteiger partial charge in [-0.1, -0.05) is 30.3 Å². The van der Waals surface area contributed by atoms with Crippen LogP contribution in [0.2, 0.25) is 0 Å². The second kappa shape index (κ2) is 11.3.